The third kappa shape index (κ3) is 5.54. The summed E-state index contributed by atoms with van der Waals surface area (Å²) in [7, 11) is -3.16. The molecule has 1 aliphatic rings. The fraction of sp³-hybridized carbons (Fsp3) is 0.208. The summed E-state index contributed by atoms with van der Waals surface area (Å²) in [6.07, 6.45) is 0. The summed E-state index contributed by atoms with van der Waals surface area (Å²) in [5, 5.41) is 14.3. The first-order valence-corrected chi connectivity index (χ1v) is 12.7. The topological polar surface area (TPSA) is 137 Å². The number of nitrogens with one attached hydrogen (secondary N) is 1. The van der Waals surface area contributed by atoms with E-state index in [1.165, 1.54) is 44.4 Å². The second-order valence-corrected chi connectivity index (χ2v) is 10.2. The highest BCUT2D eigenvalue weighted by Gasteiger charge is 2.31. The van der Waals surface area contributed by atoms with Crippen molar-refractivity contribution in [1.82, 2.24) is 0 Å². The molecule has 0 bridgehead atoms. The van der Waals surface area contributed by atoms with E-state index in [0.29, 0.717) is 30.4 Å². The molecule has 1 aliphatic heterocycles. The van der Waals surface area contributed by atoms with Crippen LogP contribution in [0.4, 0.5) is 17.1 Å². The highest BCUT2D eigenvalue weighted by molar-refractivity contribution is 7.92. The molecule has 3 aromatic rings. The predicted octanol–water partition coefficient (Wildman–Crippen LogP) is 4.17. The Bertz CT molecular complexity index is 1480. The molecular formula is C24H22ClN3O8S. The zero-order valence-electron chi connectivity index (χ0n) is 19.8. The number of hydrogen-bond acceptors (Lipinski definition) is 8. The van der Waals surface area contributed by atoms with Crippen LogP contribution in [-0.2, 0) is 14.8 Å². The molecule has 0 aromatic heterocycles. The first kappa shape index (κ1) is 26.0. The van der Waals surface area contributed by atoms with Crippen molar-refractivity contribution in [1.29, 1.82) is 0 Å². The molecule has 0 fully saturated rings. The van der Waals surface area contributed by atoms with Crippen LogP contribution >= 0.6 is 11.6 Å². The molecule has 13 heteroatoms. The van der Waals surface area contributed by atoms with E-state index in [1.807, 2.05) is 0 Å². The van der Waals surface area contributed by atoms with Crippen molar-refractivity contribution in [3.8, 4) is 17.2 Å². The molecule has 4 rings (SSSR count). The molecule has 0 spiro atoms. The van der Waals surface area contributed by atoms with Crippen molar-refractivity contribution in [2.75, 3.05) is 36.5 Å². The number of aryl methyl sites for hydroxylation is 1. The van der Waals surface area contributed by atoms with Crippen LogP contribution in [0.5, 0.6) is 17.2 Å². The van der Waals surface area contributed by atoms with Gasteiger partial charge in [-0.3, -0.25) is 19.2 Å². The fourth-order valence-corrected chi connectivity index (χ4v) is 5.29. The summed E-state index contributed by atoms with van der Waals surface area (Å²) in [6.45, 7) is 1.57. The van der Waals surface area contributed by atoms with Gasteiger partial charge in [0.1, 0.15) is 25.5 Å². The van der Waals surface area contributed by atoms with Crippen molar-refractivity contribution in [3.05, 3.63) is 75.3 Å². The maximum Gasteiger partial charge on any atom is 0.273 e. The van der Waals surface area contributed by atoms with Crippen LogP contribution in [0.15, 0.2) is 59.5 Å². The summed E-state index contributed by atoms with van der Waals surface area (Å²) in [4.78, 5) is 23.5. The van der Waals surface area contributed by atoms with Crippen LogP contribution in [0.1, 0.15) is 5.56 Å². The van der Waals surface area contributed by atoms with Gasteiger partial charge < -0.3 is 19.5 Å². The predicted molar refractivity (Wildman–Crippen MR) is 136 cm³/mol. The summed E-state index contributed by atoms with van der Waals surface area (Å²) in [6, 6.07) is 12.6. The lowest BCUT2D eigenvalue weighted by Gasteiger charge is -2.26. The first-order chi connectivity index (χ1) is 17.6. The van der Waals surface area contributed by atoms with Crippen LogP contribution in [0, 0.1) is 17.0 Å². The van der Waals surface area contributed by atoms with Crippen LogP contribution in [0.2, 0.25) is 5.02 Å². The molecule has 1 N–H and O–H groups in total. The Hall–Kier alpha value is -4.03. The number of nitro groups is 1. The monoisotopic (exact) mass is 547 g/mol. The lowest BCUT2D eigenvalue weighted by atomic mass is 10.2. The minimum Gasteiger partial charge on any atom is -0.495 e. The standard InChI is InChI=1S/C24H22ClN3O8S/c1-15-3-6-18(13-19(15)28(30)31)37(32,33)27(20-11-16(25)4-7-21(20)34-2)14-24(29)26-17-5-8-22-23(12-17)36-10-9-35-22/h3-8,11-13H,9-10,14H2,1-2H3,(H,26,29). The molecule has 0 radical (unpaired) electrons. The lowest BCUT2D eigenvalue weighted by molar-refractivity contribution is -0.385. The number of nitrogens with zero attached hydrogens (tertiary/aromatic N) is 2. The minimum atomic E-state index is -4.49. The molecule has 11 nitrogen and oxygen atoms in total. The molecule has 0 aliphatic carbocycles. The highest BCUT2D eigenvalue weighted by atomic mass is 35.5. The molecule has 0 atom stereocenters. The quantitative estimate of drug-likeness (QED) is 0.327. The molecule has 1 heterocycles. The maximum absolute atomic E-state index is 13.8. The molecule has 0 unspecified atom stereocenters. The number of benzene rings is 3. The second-order valence-electron chi connectivity index (χ2n) is 7.94. The SMILES string of the molecule is COc1ccc(Cl)cc1N(CC(=O)Nc1ccc2c(c1)OCCO2)S(=O)(=O)c1ccc(C)c([N+](=O)[O-])c1. The number of methoxy groups -OCH3 is 1. The van der Waals surface area contributed by atoms with Gasteiger partial charge in [0, 0.05) is 28.4 Å². The summed E-state index contributed by atoms with van der Waals surface area (Å²) < 4.78 is 44.6. The number of hydrogen-bond donors (Lipinski definition) is 1. The maximum atomic E-state index is 13.8. The van der Waals surface area contributed by atoms with Gasteiger partial charge in [0.25, 0.3) is 15.7 Å². The zero-order chi connectivity index (χ0) is 26.7. The lowest BCUT2D eigenvalue weighted by Crippen LogP contribution is -2.38. The normalized spacial score (nSPS) is 12.5. The third-order valence-corrected chi connectivity index (χ3v) is 7.48. The molecule has 37 heavy (non-hydrogen) atoms. The van der Waals surface area contributed by atoms with Gasteiger partial charge in [0.05, 0.1) is 22.6 Å². The summed E-state index contributed by atoms with van der Waals surface area (Å²) >= 11 is 6.14. The van der Waals surface area contributed by atoms with Gasteiger partial charge in [-0.15, -0.1) is 0 Å². The molecule has 3 aromatic carbocycles. The fourth-order valence-electron chi connectivity index (χ4n) is 3.68. The van der Waals surface area contributed by atoms with Crippen molar-refractivity contribution in [2.45, 2.75) is 11.8 Å². The first-order valence-electron chi connectivity index (χ1n) is 10.9. The minimum absolute atomic E-state index is 0.0180. The van der Waals surface area contributed by atoms with Crippen molar-refractivity contribution < 1.29 is 32.3 Å². The Morgan fingerprint density at radius 3 is 2.54 bits per heavy atom. The van der Waals surface area contributed by atoms with Gasteiger partial charge in [0.2, 0.25) is 5.91 Å². The van der Waals surface area contributed by atoms with E-state index in [1.54, 1.807) is 18.2 Å². The number of amides is 1. The average Bonchev–Trinajstić information content (AvgIpc) is 2.87. The smallest absolute Gasteiger partial charge is 0.273 e. The van der Waals surface area contributed by atoms with Crippen LogP contribution < -0.4 is 23.8 Å². The van der Waals surface area contributed by atoms with E-state index < -0.39 is 27.4 Å². The number of ether oxygens (including phenoxy) is 3. The Labute approximate surface area is 217 Å². The Morgan fingerprint density at radius 2 is 1.84 bits per heavy atom. The zero-order valence-corrected chi connectivity index (χ0v) is 21.3. The average molecular weight is 548 g/mol. The van der Waals surface area contributed by atoms with E-state index in [-0.39, 0.29) is 32.6 Å². The number of nitro benzene ring substituents is 1. The van der Waals surface area contributed by atoms with Crippen LogP contribution in [0.3, 0.4) is 0 Å². The van der Waals surface area contributed by atoms with Crippen molar-refractivity contribution in [3.63, 3.8) is 0 Å². The van der Waals surface area contributed by atoms with Gasteiger partial charge in [-0.2, -0.15) is 0 Å². The third-order valence-electron chi connectivity index (χ3n) is 5.49. The molecule has 194 valence electrons. The van der Waals surface area contributed by atoms with Crippen LogP contribution in [-0.4, -0.2) is 46.1 Å². The number of carbonyl (C=O) groups excluding carboxylic acids is 1. The number of halogens is 1. The largest absolute Gasteiger partial charge is 0.495 e. The number of carbonyl (C=O) groups is 1. The Balaban J connectivity index is 1.73. The number of sulfonamides is 1. The van der Waals surface area contributed by atoms with Gasteiger partial charge in [-0.1, -0.05) is 17.7 Å². The molecule has 0 saturated carbocycles. The van der Waals surface area contributed by atoms with Gasteiger partial charge in [-0.05, 0) is 43.3 Å². The van der Waals surface area contributed by atoms with Gasteiger partial charge in [0.15, 0.2) is 11.5 Å². The Morgan fingerprint density at radius 1 is 1.11 bits per heavy atom. The van der Waals surface area contributed by atoms with E-state index in [9.17, 15) is 23.3 Å². The van der Waals surface area contributed by atoms with Crippen LogP contribution in [0.25, 0.3) is 0 Å². The van der Waals surface area contributed by atoms with E-state index >= 15 is 0 Å². The van der Waals surface area contributed by atoms with E-state index in [0.717, 1.165) is 10.4 Å². The van der Waals surface area contributed by atoms with E-state index in [2.05, 4.69) is 5.32 Å². The van der Waals surface area contributed by atoms with Gasteiger partial charge >= 0.3 is 0 Å². The number of fused-ring (bicyclic) bond motifs is 1. The number of anilines is 2. The van der Waals surface area contributed by atoms with Crippen molar-refractivity contribution in [2.24, 2.45) is 0 Å². The Kier molecular flexibility index (Phi) is 7.41. The van der Waals surface area contributed by atoms with Gasteiger partial charge in [-0.25, -0.2) is 8.42 Å². The molecule has 0 saturated heterocycles. The molecular weight excluding hydrogens is 526 g/mol. The highest BCUT2D eigenvalue weighted by Crippen LogP contribution is 2.36. The van der Waals surface area contributed by atoms with Crippen molar-refractivity contribution >= 4 is 44.6 Å². The number of rotatable bonds is 8. The summed E-state index contributed by atoms with van der Waals surface area (Å²) in [5.41, 5.74) is 0.248. The summed E-state index contributed by atoms with van der Waals surface area (Å²) in [5.74, 6) is 0.403. The second kappa shape index (κ2) is 10.5. The van der Waals surface area contributed by atoms with E-state index in [4.69, 9.17) is 25.8 Å². The molecule has 1 amide bonds.